The molecule has 0 heterocycles. The van der Waals surface area contributed by atoms with Crippen molar-refractivity contribution in [3.05, 3.63) is 17.7 Å². The van der Waals surface area contributed by atoms with E-state index < -0.39 is 5.75 Å². The van der Waals surface area contributed by atoms with E-state index in [4.69, 9.17) is 0 Å². The van der Waals surface area contributed by atoms with Crippen molar-refractivity contribution in [3.8, 4) is 29.1 Å². The van der Waals surface area contributed by atoms with E-state index in [1.54, 1.807) is 0 Å². The molecule has 3 N–H and O–H groups in total. The average molecular weight is 290 g/mol. The first-order valence-corrected chi connectivity index (χ1v) is 7.89. The summed E-state index contributed by atoms with van der Waals surface area (Å²) in [6.45, 7) is 2.23. The van der Waals surface area contributed by atoms with Crippen molar-refractivity contribution in [2.24, 2.45) is 0 Å². The van der Waals surface area contributed by atoms with E-state index in [1.165, 1.54) is 57.1 Å². The molecule has 21 heavy (non-hydrogen) atoms. The van der Waals surface area contributed by atoms with Crippen molar-refractivity contribution in [3.63, 3.8) is 0 Å². The zero-order chi connectivity index (χ0) is 15.5. The maximum absolute atomic E-state index is 9.36. The predicted molar refractivity (Wildman–Crippen MR) is 85.5 cm³/mol. The van der Waals surface area contributed by atoms with Crippen LogP contribution in [0.4, 0.5) is 0 Å². The molecule has 0 aliphatic rings. The minimum absolute atomic E-state index is 0.341. The fourth-order valence-corrected chi connectivity index (χ4v) is 2.19. The molecule has 0 spiro atoms. The standard InChI is InChI=1S/C18H26O3/c1-2-3-4-5-6-7-8-9-10-11-12-15-13-16(19)18(21)17(20)14-15/h13-14,19-21H,2-10H2,1H3. The number of unbranched alkanes of at least 4 members (excludes halogenated alkanes) is 8. The van der Waals surface area contributed by atoms with Gasteiger partial charge in [0.25, 0.3) is 0 Å². The maximum atomic E-state index is 9.36. The van der Waals surface area contributed by atoms with Gasteiger partial charge in [0.1, 0.15) is 0 Å². The Balaban J connectivity index is 2.19. The molecule has 116 valence electrons. The molecule has 1 aromatic carbocycles. The Morgan fingerprint density at radius 3 is 1.90 bits per heavy atom. The summed E-state index contributed by atoms with van der Waals surface area (Å²) in [7, 11) is 0. The first kappa shape index (κ1) is 17.2. The Morgan fingerprint density at radius 1 is 0.810 bits per heavy atom. The minimum Gasteiger partial charge on any atom is -0.504 e. The second kappa shape index (κ2) is 9.99. The Bertz CT molecular complexity index is 460. The van der Waals surface area contributed by atoms with Gasteiger partial charge in [0, 0.05) is 12.0 Å². The molecule has 1 aromatic rings. The zero-order valence-electron chi connectivity index (χ0n) is 12.9. The summed E-state index contributed by atoms with van der Waals surface area (Å²) < 4.78 is 0. The Kier molecular flexibility index (Phi) is 8.19. The third-order valence-corrected chi connectivity index (χ3v) is 3.46. The van der Waals surface area contributed by atoms with Crippen molar-refractivity contribution >= 4 is 0 Å². The first-order chi connectivity index (χ1) is 10.1. The van der Waals surface area contributed by atoms with Crippen molar-refractivity contribution in [1.29, 1.82) is 0 Å². The quantitative estimate of drug-likeness (QED) is 0.370. The van der Waals surface area contributed by atoms with Gasteiger partial charge in [-0.25, -0.2) is 0 Å². The zero-order valence-corrected chi connectivity index (χ0v) is 12.9. The topological polar surface area (TPSA) is 60.7 Å². The Hall–Kier alpha value is -1.82. The van der Waals surface area contributed by atoms with Crippen LogP contribution < -0.4 is 0 Å². The summed E-state index contributed by atoms with van der Waals surface area (Å²) in [5.41, 5.74) is 0.516. The lowest BCUT2D eigenvalue weighted by atomic mass is 10.1. The maximum Gasteiger partial charge on any atom is 0.200 e. The fraction of sp³-hybridized carbons (Fsp3) is 0.556. The predicted octanol–water partition coefficient (Wildman–Crippen LogP) is 4.69. The molecule has 0 radical (unpaired) electrons. The molecule has 0 saturated carbocycles. The number of benzene rings is 1. The lowest BCUT2D eigenvalue weighted by molar-refractivity contribution is 0.367. The summed E-state index contributed by atoms with van der Waals surface area (Å²) in [6.07, 6.45) is 11.0. The van der Waals surface area contributed by atoms with Crippen molar-refractivity contribution in [1.82, 2.24) is 0 Å². The van der Waals surface area contributed by atoms with Gasteiger partial charge in [-0.05, 0) is 18.6 Å². The highest BCUT2D eigenvalue weighted by Crippen LogP contribution is 2.34. The van der Waals surface area contributed by atoms with Crippen LogP contribution in [-0.4, -0.2) is 15.3 Å². The average Bonchev–Trinajstić information content (AvgIpc) is 2.46. The van der Waals surface area contributed by atoms with Gasteiger partial charge in [0.15, 0.2) is 17.2 Å². The highest BCUT2D eigenvalue weighted by Gasteiger charge is 2.06. The molecular weight excluding hydrogens is 264 g/mol. The van der Waals surface area contributed by atoms with E-state index in [9.17, 15) is 15.3 Å². The largest absolute Gasteiger partial charge is 0.504 e. The number of hydrogen-bond donors (Lipinski definition) is 3. The van der Waals surface area contributed by atoms with E-state index in [0.29, 0.717) is 5.56 Å². The number of hydrogen-bond acceptors (Lipinski definition) is 3. The summed E-state index contributed by atoms with van der Waals surface area (Å²) >= 11 is 0. The Labute approximate surface area is 127 Å². The fourth-order valence-electron chi connectivity index (χ4n) is 2.19. The van der Waals surface area contributed by atoms with Gasteiger partial charge in [-0.2, -0.15) is 0 Å². The monoisotopic (exact) mass is 290 g/mol. The van der Waals surface area contributed by atoms with Gasteiger partial charge < -0.3 is 15.3 Å². The van der Waals surface area contributed by atoms with E-state index in [1.807, 2.05) is 0 Å². The van der Waals surface area contributed by atoms with Gasteiger partial charge >= 0.3 is 0 Å². The third-order valence-electron chi connectivity index (χ3n) is 3.46. The van der Waals surface area contributed by atoms with Crippen LogP contribution in [0.25, 0.3) is 0 Å². The van der Waals surface area contributed by atoms with E-state index in [2.05, 4.69) is 18.8 Å². The van der Waals surface area contributed by atoms with Gasteiger partial charge in [-0.1, -0.05) is 63.7 Å². The number of aromatic hydroxyl groups is 3. The molecular formula is C18H26O3. The van der Waals surface area contributed by atoms with E-state index in [-0.39, 0.29) is 11.5 Å². The molecule has 0 atom stereocenters. The first-order valence-electron chi connectivity index (χ1n) is 7.89. The number of phenols is 3. The second-order valence-corrected chi connectivity index (χ2v) is 5.39. The molecule has 0 bridgehead atoms. The van der Waals surface area contributed by atoms with Crippen LogP contribution in [-0.2, 0) is 0 Å². The molecule has 0 amide bonds. The third kappa shape index (κ3) is 6.94. The minimum atomic E-state index is -0.497. The summed E-state index contributed by atoms with van der Waals surface area (Å²) in [5.74, 6) is 4.74. The van der Waals surface area contributed by atoms with Crippen LogP contribution in [0.3, 0.4) is 0 Å². The molecule has 0 fully saturated rings. The van der Waals surface area contributed by atoms with Gasteiger partial charge in [0.2, 0.25) is 0 Å². The van der Waals surface area contributed by atoms with Crippen LogP contribution in [0.2, 0.25) is 0 Å². The van der Waals surface area contributed by atoms with Gasteiger partial charge in [-0.3, -0.25) is 0 Å². The molecule has 0 saturated heterocycles. The van der Waals surface area contributed by atoms with Crippen LogP contribution in [0.5, 0.6) is 17.2 Å². The van der Waals surface area contributed by atoms with Crippen molar-refractivity contribution in [2.45, 2.75) is 64.7 Å². The number of rotatable bonds is 8. The molecule has 0 aromatic heterocycles. The lowest BCUT2D eigenvalue weighted by Gasteiger charge is -2.01. The molecule has 0 aliphatic heterocycles. The van der Waals surface area contributed by atoms with Gasteiger partial charge in [-0.15, -0.1) is 0 Å². The molecule has 3 nitrogen and oxygen atoms in total. The van der Waals surface area contributed by atoms with Gasteiger partial charge in [0.05, 0.1) is 0 Å². The SMILES string of the molecule is CCCCCCCCCCC#Cc1cc(O)c(O)c(O)c1. The van der Waals surface area contributed by atoms with Crippen LogP contribution >= 0.6 is 0 Å². The number of phenolic OH excluding ortho intramolecular Hbond substituents is 3. The lowest BCUT2D eigenvalue weighted by Crippen LogP contribution is -1.80. The van der Waals surface area contributed by atoms with Crippen molar-refractivity contribution < 1.29 is 15.3 Å². The van der Waals surface area contributed by atoms with Crippen LogP contribution in [0.15, 0.2) is 12.1 Å². The molecule has 1 rings (SSSR count). The normalized spacial score (nSPS) is 10.1. The summed E-state index contributed by atoms with van der Waals surface area (Å²) in [5, 5.41) is 28.0. The van der Waals surface area contributed by atoms with E-state index in [0.717, 1.165) is 12.8 Å². The van der Waals surface area contributed by atoms with Crippen molar-refractivity contribution in [2.75, 3.05) is 0 Å². The highest BCUT2D eigenvalue weighted by atomic mass is 16.3. The molecule has 0 unspecified atom stereocenters. The molecule has 3 heteroatoms. The summed E-state index contributed by atoms with van der Waals surface area (Å²) in [4.78, 5) is 0. The molecule has 0 aliphatic carbocycles. The van der Waals surface area contributed by atoms with Crippen LogP contribution in [0, 0.1) is 11.8 Å². The second-order valence-electron chi connectivity index (χ2n) is 5.39. The highest BCUT2D eigenvalue weighted by molar-refractivity contribution is 5.54. The van der Waals surface area contributed by atoms with Crippen LogP contribution in [0.1, 0.15) is 70.3 Å². The smallest absolute Gasteiger partial charge is 0.200 e. The Morgan fingerprint density at radius 2 is 1.33 bits per heavy atom. The summed E-state index contributed by atoms with van der Waals surface area (Å²) in [6, 6.07) is 2.71. The van der Waals surface area contributed by atoms with E-state index >= 15 is 0 Å².